The maximum absolute atomic E-state index is 9.56. The van der Waals surface area contributed by atoms with Crippen molar-refractivity contribution in [3.63, 3.8) is 0 Å². The molecule has 0 aromatic carbocycles. The zero-order valence-electron chi connectivity index (χ0n) is 13.2. The number of nitrogens with one attached hydrogen (secondary N) is 2. The van der Waals surface area contributed by atoms with Crippen LogP contribution in [0.25, 0.3) is 0 Å². The number of nitrogens with zero attached hydrogens (tertiary/aromatic N) is 2. The van der Waals surface area contributed by atoms with Gasteiger partial charge >= 0.3 is 0 Å². The van der Waals surface area contributed by atoms with Crippen molar-refractivity contribution in [1.82, 2.24) is 9.97 Å². The number of rotatable bonds is 5. The fraction of sp³-hybridized carbons (Fsp3) is 0.733. The molecule has 1 heterocycles. The Morgan fingerprint density at radius 1 is 1.19 bits per heavy atom. The van der Waals surface area contributed by atoms with Gasteiger partial charge in [0, 0.05) is 18.0 Å². The number of anilines is 2. The van der Waals surface area contributed by atoms with Crippen molar-refractivity contribution in [2.24, 2.45) is 11.8 Å². The van der Waals surface area contributed by atoms with Gasteiger partial charge in [-0.3, -0.25) is 0 Å². The molecular weight excluding hydrogens is 266 g/mol. The summed E-state index contributed by atoms with van der Waals surface area (Å²) in [6.45, 7) is 6.98. The first-order chi connectivity index (χ1) is 10.0. The fourth-order valence-corrected chi connectivity index (χ4v) is 2.69. The van der Waals surface area contributed by atoms with Crippen LogP contribution < -0.4 is 16.6 Å². The molecule has 0 radical (unpaired) electrons. The number of aliphatic hydroxyl groups is 1. The molecule has 0 bridgehead atoms. The highest BCUT2D eigenvalue weighted by molar-refractivity contribution is 5.56. The lowest BCUT2D eigenvalue weighted by Crippen LogP contribution is -2.24. The Bertz CT molecular complexity index is 469. The molecule has 1 aromatic rings. The average Bonchev–Trinajstić information content (AvgIpc) is 2.47. The van der Waals surface area contributed by atoms with Crippen molar-refractivity contribution in [3.05, 3.63) is 11.4 Å². The molecular formula is C15H27N5O. The summed E-state index contributed by atoms with van der Waals surface area (Å²) in [4.78, 5) is 9.05. The van der Waals surface area contributed by atoms with Crippen LogP contribution in [0.5, 0.6) is 0 Å². The van der Waals surface area contributed by atoms with Crippen molar-refractivity contribution in [1.29, 1.82) is 0 Å². The van der Waals surface area contributed by atoms with Gasteiger partial charge in [0.25, 0.3) is 0 Å². The van der Waals surface area contributed by atoms with Crippen molar-refractivity contribution in [2.45, 2.75) is 58.5 Å². The molecule has 1 aliphatic carbocycles. The third-order valence-electron chi connectivity index (χ3n) is 4.19. The Morgan fingerprint density at radius 2 is 1.81 bits per heavy atom. The zero-order valence-corrected chi connectivity index (χ0v) is 13.2. The molecule has 6 heteroatoms. The van der Waals surface area contributed by atoms with Gasteiger partial charge in [-0.1, -0.05) is 13.8 Å². The summed E-state index contributed by atoms with van der Waals surface area (Å²) in [5.74, 6) is 8.71. The third kappa shape index (κ3) is 4.04. The summed E-state index contributed by atoms with van der Waals surface area (Å²) in [7, 11) is 0. The van der Waals surface area contributed by atoms with Gasteiger partial charge in [-0.05, 0) is 38.5 Å². The van der Waals surface area contributed by atoms with Crippen molar-refractivity contribution in [2.75, 3.05) is 17.3 Å². The van der Waals surface area contributed by atoms with E-state index in [1.165, 1.54) is 0 Å². The Morgan fingerprint density at radius 3 is 2.38 bits per heavy atom. The largest absolute Gasteiger partial charge is 0.393 e. The molecule has 0 saturated heterocycles. The molecule has 118 valence electrons. The highest BCUT2D eigenvalue weighted by Gasteiger charge is 2.20. The molecule has 0 spiro atoms. The first kappa shape index (κ1) is 16.0. The molecule has 21 heavy (non-hydrogen) atoms. The lowest BCUT2D eigenvalue weighted by molar-refractivity contribution is 0.111. The minimum absolute atomic E-state index is 0.109. The van der Waals surface area contributed by atoms with Crippen LogP contribution in [-0.2, 0) is 0 Å². The molecule has 1 aliphatic rings. The number of nitrogens with two attached hydrogens (primary N) is 1. The molecule has 1 fully saturated rings. The van der Waals surface area contributed by atoms with Gasteiger partial charge in [-0.2, -0.15) is 0 Å². The normalized spacial score (nSPS) is 22.4. The summed E-state index contributed by atoms with van der Waals surface area (Å²) >= 11 is 0. The van der Waals surface area contributed by atoms with Crippen molar-refractivity contribution < 1.29 is 5.11 Å². The molecule has 0 aliphatic heterocycles. The molecule has 2 rings (SSSR count). The van der Waals surface area contributed by atoms with E-state index in [1.54, 1.807) is 0 Å². The van der Waals surface area contributed by atoms with Crippen LogP contribution >= 0.6 is 0 Å². The molecule has 6 nitrogen and oxygen atoms in total. The number of hydrogen-bond acceptors (Lipinski definition) is 6. The van der Waals surface area contributed by atoms with Gasteiger partial charge in [0.05, 0.1) is 6.10 Å². The van der Waals surface area contributed by atoms with E-state index < -0.39 is 0 Å². The second-order valence-electron chi connectivity index (χ2n) is 6.26. The van der Waals surface area contributed by atoms with Crippen molar-refractivity contribution >= 4 is 11.6 Å². The predicted molar refractivity (Wildman–Crippen MR) is 85.1 cm³/mol. The number of aliphatic hydroxyl groups excluding tert-OH is 1. The van der Waals surface area contributed by atoms with E-state index >= 15 is 0 Å². The number of hydrogen-bond donors (Lipinski definition) is 4. The summed E-state index contributed by atoms with van der Waals surface area (Å²) in [6, 6.07) is 0. The zero-order chi connectivity index (χ0) is 15.4. The van der Waals surface area contributed by atoms with Gasteiger partial charge < -0.3 is 15.8 Å². The first-order valence-electron chi connectivity index (χ1n) is 7.78. The van der Waals surface area contributed by atoms with Crippen LogP contribution in [0.3, 0.4) is 0 Å². The van der Waals surface area contributed by atoms with Crippen LogP contribution in [-0.4, -0.2) is 27.7 Å². The van der Waals surface area contributed by atoms with Crippen LogP contribution in [0.15, 0.2) is 0 Å². The van der Waals surface area contributed by atoms with Crippen LogP contribution in [0.1, 0.15) is 56.8 Å². The Kier molecular flexibility index (Phi) is 5.36. The summed E-state index contributed by atoms with van der Waals surface area (Å²) in [5, 5.41) is 13.0. The fourth-order valence-electron chi connectivity index (χ4n) is 2.69. The van der Waals surface area contributed by atoms with E-state index in [0.717, 1.165) is 49.4 Å². The second-order valence-corrected chi connectivity index (χ2v) is 6.26. The van der Waals surface area contributed by atoms with E-state index in [0.29, 0.717) is 11.7 Å². The molecule has 0 unspecified atom stereocenters. The number of hydrazine groups is 1. The third-order valence-corrected chi connectivity index (χ3v) is 4.19. The van der Waals surface area contributed by atoms with Gasteiger partial charge in [0.15, 0.2) is 0 Å². The van der Waals surface area contributed by atoms with E-state index in [1.807, 2.05) is 6.92 Å². The van der Waals surface area contributed by atoms with Crippen LogP contribution in [0, 0.1) is 12.8 Å². The lowest BCUT2D eigenvalue weighted by atomic mass is 9.87. The monoisotopic (exact) mass is 293 g/mol. The second kappa shape index (κ2) is 7.04. The van der Waals surface area contributed by atoms with Crippen LogP contribution in [0.4, 0.5) is 11.6 Å². The van der Waals surface area contributed by atoms with Gasteiger partial charge in [-0.15, -0.1) is 0 Å². The lowest BCUT2D eigenvalue weighted by Gasteiger charge is -2.26. The quantitative estimate of drug-likeness (QED) is 0.491. The summed E-state index contributed by atoms with van der Waals surface area (Å²) in [6.07, 6.45) is 3.83. The minimum atomic E-state index is -0.109. The maximum atomic E-state index is 9.56. The smallest absolute Gasteiger partial charge is 0.148 e. The minimum Gasteiger partial charge on any atom is -0.393 e. The standard InChI is InChI=1S/C15H27N5O/c1-9(2)13-18-14(10(3)15(19-13)20-16)17-8-11-4-6-12(21)7-5-11/h9,11-12,21H,4-8,16H2,1-3H3,(H2,17,18,19,20). The molecule has 1 aromatic heterocycles. The molecule has 1 saturated carbocycles. The Balaban J connectivity index is 2.06. The van der Waals surface area contributed by atoms with Crippen LogP contribution in [0.2, 0.25) is 0 Å². The molecule has 0 atom stereocenters. The number of aromatic nitrogens is 2. The maximum Gasteiger partial charge on any atom is 0.148 e. The topological polar surface area (TPSA) is 96.1 Å². The number of nitrogen functional groups attached to an aromatic ring is 1. The molecule has 0 amide bonds. The van der Waals surface area contributed by atoms with Gasteiger partial charge in [0.1, 0.15) is 17.5 Å². The van der Waals surface area contributed by atoms with E-state index in [-0.39, 0.29) is 12.0 Å². The highest BCUT2D eigenvalue weighted by Crippen LogP contribution is 2.26. The Hall–Kier alpha value is -1.40. The van der Waals surface area contributed by atoms with E-state index in [2.05, 4.69) is 34.6 Å². The SMILES string of the molecule is Cc1c(NN)nc(C(C)C)nc1NCC1CCC(O)CC1. The first-order valence-corrected chi connectivity index (χ1v) is 7.78. The van der Waals surface area contributed by atoms with E-state index in [4.69, 9.17) is 5.84 Å². The predicted octanol–water partition coefficient (Wildman–Crippen LogP) is 2.16. The van der Waals surface area contributed by atoms with Crippen molar-refractivity contribution in [3.8, 4) is 0 Å². The van der Waals surface area contributed by atoms with Gasteiger partial charge in [0.2, 0.25) is 0 Å². The van der Waals surface area contributed by atoms with E-state index in [9.17, 15) is 5.11 Å². The highest BCUT2D eigenvalue weighted by atomic mass is 16.3. The van der Waals surface area contributed by atoms with Gasteiger partial charge in [-0.25, -0.2) is 15.8 Å². The summed E-state index contributed by atoms with van der Waals surface area (Å²) < 4.78 is 0. The molecule has 5 N–H and O–H groups in total. The Labute approximate surface area is 126 Å². The summed E-state index contributed by atoms with van der Waals surface area (Å²) in [5.41, 5.74) is 3.59. The average molecular weight is 293 g/mol.